The monoisotopic (exact) mass is 368 g/mol. The van der Waals surface area contributed by atoms with Crippen molar-refractivity contribution in [3.05, 3.63) is 65.3 Å². The summed E-state index contributed by atoms with van der Waals surface area (Å²) >= 11 is 0. The van der Waals surface area contributed by atoms with Crippen LogP contribution in [0.3, 0.4) is 0 Å². The van der Waals surface area contributed by atoms with Crippen LogP contribution in [0.2, 0.25) is 0 Å². The second-order valence-electron chi connectivity index (χ2n) is 7.38. The zero-order valence-corrected chi connectivity index (χ0v) is 15.8. The first kappa shape index (κ1) is 17.9. The van der Waals surface area contributed by atoms with Crippen LogP contribution in [0.15, 0.2) is 36.7 Å². The number of hydrogen-bond acceptors (Lipinski definition) is 4. The van der Waals surface area contributed by atoms with Crippen LogP contribution in [-0.2, 0) is 20.1 Å². The van der Waals surface area contributed by atoms with Gasteiger partial charge in [-0.3, -0.25) is 9.58 Å². The number of hydrogen-bond donors (Lipinski definition) is 0. The highest BCUT2D eigenvalue weighted by atomic mass is 19.1. The number of aryl methyl sites for hydroxylation is 1. The van der Waals surface area contributed by atoms with Crippen LogP contribution >= 0.6 is 0 Å². The molecular formula is C20H25FN6. The number of benzene rings is 1. The molecule has 1 atom stereocenters. The van der Waals surface area contributed by atoms with Crippen molar-refractivity contribution in [3.8, 4) is 0 Å². The minimum absolute atomic E-state index is 0.166. The summed E-state index contributed by atoms with van der Waals surface area (Å²) in [6.07, 6.45) is 5.91. The van der Waals surface area contributed by atoms with Gasteiger partial charge in [-0.25, -0.2) is 4.39 Å². The molecule has 1 fully saturated rings. The van der Waals surface area contributed by atoms with Crippen LogP contribution in [0.4, 0.5) is 4.39 Å². The maximum absolute atomic E-state index is 13.6. The average molecular weight is 368 g/mol. The fraction of sp³-hybridized carbons (Fsp3) is 0.450. The van der Waals surface area contributed by atoms with Crippen molar-refractivity contribution < 1.29 is 4.39 Å². The first-order chi connectivity index (χ1) is 13.1. The third-order valence-corrected chi connectivity index (χ3v) is 5.44. The normalized spacial score (nSPS) is 18.1. The number of nitrogens with zero attached hydrogens (tertiary/aromatic N) is 6. The second kappa shape index (κ2) is 7.60. The predicted molar refractivity (Wildman–Crippen MR) is 101 cm³/mol. The average Bonchev–Trinajstić information content (AvgIpc) is 3.29. The van der Waals surface area contributed by atoms with Crippen molar-refractivity contribution in [3.63, 3.8) is 0 Å². The van der Waals surface area contributed by atoms with Crippen molar-refractivity contribution in [2.45, 2.75) is 38.8 Å². The topological polar surface area (TPSA) is 51.8 Å². The van der Waals surface area contributed by atoms with Crippen molar-refractivity contribution in [2.24, 2.45) is 7.05 Å². The molecular weight excluding hydrogens is 343 g/mol. The Kier molecular flexibility index (Phi) is 5.03. The second-order valence-corrected chi connectivity index (χ2v) is 7.38. The number of piperidine rings is 1. The molecule has 0 N–H and O–H groups in total. The standard InChI is InChI=1S/C20H25FN6/c1-15-6-7-18(21)11-17(15)13-26-9-3-5-16(12-26)20-24-23-19(25(20)2)14-27-10-4-8-22-27/h4,6-8,10-11,16H,3,5,9,12-14H2,1-2H3/t16-/m0/s1. The van der Waals surface area contributed by atoms with E-state index in [0.29, 0.717) is 12.5 Å². The van der Waals surface area contributed by atoms with Gasteiger partial charge in [-0.2, -0.15) is 5.10 Å². The highest BCUT2D eigenvalue weighted by Gasteiger charge is 2.26. The molecule has 0 saturated carbocycles. The van der Waals surface area contributed by atoms with E-state index in [-0.39, 0.29) is 5.82 Å². The number of aromatic nitrogens is 5. The van der Waals surface area contributed by atoms with Crippen molar-refractivity contribution in [2.75, 3.05) is 13.1 Å². The van der Waals surface area contributed by atoms with Crippen molar-refractivity contribution >= 4 is 0 Å². The minimum atomic E-state index is -0.166. The van der Waals surface area contributed by atoms with Gasteiger partial charge in [-0.05, 0) is 55.6 Å². The Morgan fingerprint density at radius 3 is 2.93 bits per heavy atom. The Morgan fingerprint density at radius 1 is 1.22 bits per heavy atom. The molecule has 142 valence electrons. The van der Waals surface area contributed by atoms with E-state index in [0.717, 1.165) is 55.3 Å². The van der Waals surface area contributed by atoms with E-state index >= 15 is 0 Å². The molecule has 2 aromatic heterocycles. The molecule has 1 aromatic carbocycles. The summed E-state index contributed by atoms with van der Waals surface area (Å²) in [5.41, 5.74) is 2.20. The van der Waals surface area contributed by atoms with Gasteiger partial charge in [0.25, 0.3) is 0 Å². The van der Waals surface area contributed by atoms with Crippen molar-refractivity contribution in [1.82, 2.24) is 29.4 Å². The maximum Gasteiger partial charge on any atom is 0.154 e. The SMILES string of the molecule is Cc1ccc(F)cc1CN1CCC[C@H](c2nnc(Cn3cccn3)n2C)C1. The van der Waals surface area contributed by atoms with Gasteiger partial charge in [0, 0.05) is 38.4 Å². The van der Waals surface area contributed by atoms with Gasteiger partial charge in [0.15, 0.2) is 5.82 Å². The molecule has 27 heavy (non-hydrogen) atoms. The lowest BCUT2D eigenvalue weighted by molar-refractivity contribution is 0.194. The Morgan fingerprint density at radius 2 is 2.11 bits per heavy atom. The lowest BCUT2D eigenvalue weighted by Gasteiger charge is -2.32. The lowest BCUT2D eigenvalue weighted by Crippen LogP contribution is -2.35. The van der Waals surface area contributed by atoms with E-state index in [4.69, 9.17) is 0 Å². The molecule has 4 rings (SSSR count). The lowest BCUT2D eigenvalue weighted by atomic mass is 9.96. The van der Waals surface area contributed by atoms with Gasteiger partial charge in [-0.1, -0.05) is 6.07 Å². The molecule has 7 heteroatoms. The summed E-state index contributed by atoms with van der Waals surface area (Å²) < 4.78 is 17.6. The summed E-state index contributed by atoms with van der Waals surface area (Å²) in [7, 11) is 2.03. The smallest absolute Gasteiger partial charge is 0.154 e. The zero-order valence-electron chi connectivity index (χ0n) is 15.8. The fourth-order valence-corrected chi connectivity index (χ4v) is 3.87. The molecule has 1 aliphatic rings. The maximum atomic E-state index is 13.6. The summed E-state index contributed by atoms with van der Waals surface area (Å²) in [5, 5.41) is 13.1. The van der Waals surface area contributed by atoms with E-state index in [1.165, 1.54) is 6.07 Å². The Labute approximate surface area is 158 Å². The predicted octanol–water partition coefficient (Wildman–Crippen LogP) is 2.89. The molecule has 0 amide bonds. The Balaban J connectivity index is 1.47. The molecule has 0 bridgehead atoms. The molecule has 1 aliphatic heterocycles. The first-order valence-corrected chi connectivity index (χ1v) is 9.43. The van der Waals surface area contributed by atoms with Crippen molar-refractivity contribution in [1.29, 1.82) is 0 Å². The molecule has 0 spiro atoms. The van der Waals surface area contributed by atoms with E-state index in [1.807, 2.05) is 37.0 Å². The van der Waals surface area contributed by atoms with Gasteiger partial charge in [0.2, 0.25) is 0 Å². The van der Waals surface area contributed by atoms with Crippen LogP contribution < -0.4 is 0 Å². The van der Waals surface area contributed by atoms with E-state index in [9.17, 15) is 4.39 Å². The highest BCUT2D eigenvalue weighted by Crippen LogP contribution is 2.27. The molecule has 3 aromatic rings. The first-order valence-electron chi connectivity index (χ1n) is 9.43. The van der Waals surface area contributed by atoms with Crippen LogP contribution in [0, 0.1) is 12.7 Å². The summed E-state index contributed by atoms with van der Waals surface area (Å²) in [4.78, 5) is 2.40. The third kappa shape index (κ3) is 3.93. The van der Waals surface area contributed by atoms with Gasteiger partial charge in [-0.15, -0.1) is 10.2 Å². The Hall–Kier alpha value is -2.54. The van der Waals surface area contributed by atoms with Crippen LogP contribution in [0.1, 0.15) is 41.5 Å². The van der Waals surface area contributed by atoms with Crippen LogP contribution in [-0.4, -0.2) is 42.5 Å². The molecule has 3 heterocycles. The highest BCUT2D eigenvalue weighted by molar-refractivity contribution is 5.26. The molecule has 0 radical (unpaired) electrons. The van der Waals surface area contributed by atoms with Gasteiger partial charge < -0.3 is 4.57 Å². The number of likely N-dealkylation sites (tertiary alicyclic amines) is 1. The zero-order chi connectivity index (χ0) is 18.8. The molecule has 1 saturated heterocycles. The summed E-state index contributed by atoms with van der Waals surface area (Å²) in [6, 6.07) is 6.95. The fourth-order valence-electron chi connectivity index (χ4n) is 3.87. The van der Waals surface area contributed by atoms with E-state index in [1.54, 1.807) is 12.3 Å². The molecule has 0 unspecified atom stereocenters. The van der Waals surface area contributed by atoms with E-state index in [2.05, 4.69) is 24.8 Å². The minimum Gasteiger partial charge on any atom is -0.316 e. The van der Waals surface area contributed by atoms with Gasteiger partial charge >= 0.3 is 0 Å². The van der Waals surface area contributed by atoms with Gasteiger partial charge in [0.1, 0.15) is 18.2 Å². The van der Waals surface area contributed by atoms with E-state index < -0.39 is 0 Å². The third-order valence-electron chi connectivity index (χ3n) is 5.44. The number of rotatable bonds is 5. The summed E-state index contributed by atoms with van der Waals surface area (Å²) in [5.74, 6) is 2.11. The molecule has 0 aliphatic carbocycles. The van der Waals surface area contributed by atoms with Crippen LogP contribution in [0.25, 0.3) is 0 Å². The quantitative estimate of drug-likeness (QED) is 0.695. The number of halogens is 1. The Bertz CT molecular complexity index is 901. The summed E-state index contributed by atoms with van der Waals surface area (Å²) in [6.45, 7) is 5.39. The van der Waals surface area contributed by atoms with Crippen LogP contribution in [0.5, 0.6) is 0 Å². The molecule has 6 nitrogen and oxygen atoms in total. The largest absolute Gasteiger partial charge is 0.316 e. The van der Waals surface area contributed by atoms with Gasteiger partial charge in [0.05, 0.1) is 0 Å².